The molecule has 0 bridgehead atoms. The van der Waals surface area contributed by atoms with E-state index < -0.39 is 6.03 Å². The zero-order valence-corrected chi connectivity index (χ0v) is 5.30. The van der Waals surface area contributed by atoms with Gasteiger partial charge in [-0.3, -0.25) is 0 Å². The molecule has 0 fully saturated rings. The van der Waals surface area contributed by atoms with E-state index in [4.69, 9.17) is 11.3 Å². The Hall–Kier alpha value is -2.01. The van der Waals surface area contributed by atoms with Gasteiger partial charge < -0.3 is 5.73 Å². The summed E-state index contributed by atoms with van der Waals surface area (Å²) < 4.78 is 0. The van der Waals surface area contributed by atoms with Gasteiger partial charge in [-0.15, -0.1) is 0 Å². The summed E-state index contributed by atoms with van der Waals surface area (Å²) in [6, 6.07) is -0.695. The normalized spacial score (nSPS) is 15.8. The lowest BCUT2D eigenvalue weighted by Gasteiger charge is -2.02. The molecular formula is C4H3N6O. The van der Waals surface area contributed by atoms with E-state index in [-0.39, 0.29) is 11.5 Å². The molecule has 0 atom stereocenters. The molecule has 1 aliphatic rings. The summed E-state index contributed by atoms with van der Waals surface area (Å²) in [5, 5.41) is 6.39. The van der Waals surface area contributed by atoms with Gasteiger partial charge in [0.25, 0.3) is 0 Å². The first-order chi connectivity index (χ1) is 5.24. The third-order valence-electron chi connectivity index (χ3n) is 0.928. The highest BCUT2D eigenvalue weighted by Gasteiger charge is 2.10. The minimum absolute atomic E-state index is 0.0621. The van der Waals surface area contributed by atoms with Crippen molar-refractivity contribution in [2.24, 2.45) is 15.8 Å². The van der Waals surface area contributed by atoms with Crippen LogP contribution in [-0.2, 0) is 0 Å². The number of nitrogens with zero attached hydrogens (tertiary/aromatic N) is 5. The number of carbonyl (C=O) groups excluding carboxylic acids is 1. The average molecular weight is 151 g/mol. The van der Waals surface area contributed by atoms with Crippen molar-refractivity contribution in [2.75, 3.05) is 0 Å². The van der Waals surface area contributed by atoms with Crippen LogP contribution in [0.3, 0.4) is 0 Å². The fraction of sp³-hybridized carbons (Fsp3) is 0. The fourth-order valence-corrected chi connectivity index (χ4v) is 0.497. The smallest absolute Gasteiger partial charge is 0.368 e. The molecule has 1 radical (unpaired) electrons. The molecule has 0 spiro atoms. The minimum atomic E-state index is -0.695. The molecule has 0 saturated heterocycles. The number of amides is 2. The molecule has 0 saturated carbocycles. The predicted octanol–water partition coefficient (Wildman–Crippen LogP) is 0.233. The SMILES string of the molecule is [N-]=[N+]=NC1=C[N]C(=O)N=C1N. The Labute approximate surface area is 61.2 Å². The number of hydrogen-bond donors (Lipinski definition) is 1. The lowest BCUT2D eigenvalue weighted by atomic mass is 10.4. The van der Waals surface area contributed by atoms with Gasteiger partial charge in [-0.2, -0.15) is 10.3 Å². The zero-order valence-electron chi connectivity index (χ0n) is 5.30. The molecule has 0 aromatic rings. The molecule has 0 unspecified atom stereocenters. The number of hydrogen-bond acceptors (Lipinski definition) is 3. The molecule has 7 heteroatoms. The quantitative estimate of drug-likeness (QED) is 0.328. The maximum atomic E-state index is 10.4. The fourth-order valence-electron chi connectivity index (χ4n) is 0.497. The molecule has 1 aliphatic heterocycles. The summed E-state index contributed by atoms with van der Waals surface area (Å²) >= 11 is 0. The van der Waals surface area contributed by atoms with E-state index in [2.05, 4.69) is 20.3 Å². The molecule has 11 heavy (non-hydrogen) atoms. The van der Waals surface area contributed by atoms with Gasteiger partial charge >= 0.3 is 6.03 Å². The van der Waals surface area contributed by atoms with E-state index in [1.807, 2.05) is 0 Å². The number of azide groups is 1. The van der Waals surface area contributed by atoms with Crippen LogP contribution in [0, 0.1) is 0 Å². The second-order valence-electron chi connectivity index (χ2n) is 1.61. The molecule has 7 nitrogen and oxygen atoms in total. The van der Waals surface area contributed by atoms with Crippen molar-refractivity contribution in [1.29, 1.82) is 0 Å². The van der Waals surface area contributed by atoms with Crippen LogP contribution < -0.4 is 11.1 Å². The summed E-state index contributed by atoms with van der Waals surface area (Å²) in [6.45, 7) is 0. The number of aliphatic imine (C=N–C) groups is 1. The van der Waals surface area contributed by atoms with E-state index in [0.29, 0.717) is 0 Å². The van der Waals surface area contributed by atoms with Crippen LogP contribution in [0.4, 0.5) is 4.79 Å². The van der Waals surface area contributed by atoms with E-state index in [0.717, 1.165) is 6.20 Å². The van der Waals surface area contributed by atoms with Crippen molar-refractivity contribution in [3.05, 3.63) is 22.3 Å². The highest BCUT2D eigenvalue weighted by atomic mass is 16.2. The van der Waals surface area contributed by atoms with Gasteiger partial charge in [-0.25, -0.2) is 4.79 Å². The molecule has 0 aliphatic carbocycles. The third-order valence-corrected chi connectivity index (χ3v) is 0.928. The first-order valence-corrected chi connectivity index (χ1v) is 2.58. The van der Waals surface area contributed by atoms with Gasteiger partial charge in [-0.1, -0.05) is 5.11 Å². The van der Waals surface area contributed by atoms with Gasteiger partial charge in [0.1, 0.15) is 5.84 Å². The number of nitrogens with two attached hydrogens (primary N) is 1. The van der Waals surface area contributed by atoms with Crippen LogP contribution >= 0.6 is 0 Å². The second-order valence-corrected chi connectivity index (χ2v) is 1.61. The van der Waals surface area contributed by atoms with E-state index >= 15 is 0 Å². The van der Waals surface area contributed by atoms with E-state index in [1.165, 1.54) is 0 Å². The Balaban J connectivity index is 2.93. The average Bonchev–Trinajstić information content (AvgIpc) is 1.95. The molecule has 55 valence electrons. The molecule has 1 heterocycles. The Morgan fingerprint density at radius 3 is 3.00 bits per heavy atom. The van der Waals surface area contributed by atoms with Crippen molar-refractivity contribution in [2.45, 2.75) is 0 Å². The zero-order chi connectivity index (χ0) is 8.27. The standard InChI is InChI=1S/C4H3N6O/c5-3-2(9-10-6)1-7-4(11)8-3/h1H,(H2,5,8,11). The first-order valence-electron chi connectivity index (χ1n) is 2.58. The van der Waals surface area contributed by atoms with E-state index in [9.17, 15) is 4.79 Å². The van der Waals surface area contributed by atoms with Gasteiger partial charge in [0.2, 0.25) is 0 Å². The van der Waals surface area contributed by atoms with Gasteiger partial charge in [0.05, 0.1) is 5.70 Å². The van der Waals surface area contributed by atoms with Crippen LogP contribution in [0.5, 0.6) is 0 Å². The van der Waals surface area contributed by atoms with Crippen LogP contribution in [-0.4, -0.2) is 11.9 Å². The van der Waals surface area contributed by atoms with Crippen molar-refractivity contribution < 1.29 is 4.79 Å². The van der Waals surface area contributed by atoms with Gasteiger partial charge in [0, 0.05) is 11.1 Å². The Morgan fingerprint density at radius 1 is 1.73 bits per heavy atom. The van der Waals surface area contributed by atoms with Crippen molar-refractivity contribution in [3.63, 3.8) is 0 Å². The maximum absolute atomic E-state index is 10.4. The Morgan fingerprint density at radius 2 is 2.45 bits per heavy atom. The Kier molecular flexibility index (Phi) is 1.75. The first kappa shape index (κ1) is 7.10. The monoisotopic (exact) mass is 151 g/mol. The van der Waals surface area contributed by atoms with E-state index in [1.54, 1.807) is 0 Å². The van der Waals surface area contributed by atoms with Crippen molar-refractivity contribution >= 4 is 11.9 Å². The van der Waals surface area contributed by atoms with Gasteiger partial charge in [0.15, 0.2) is 0 Å². The van der Waals surface area contributed by atoms with Crippen molar-refractivity contribution in [3.8, 4) is 0 Å². The highest BCUT2D eigenvalue weighted by Crippen LogP contribution is 2.01. The number of rotatable bonds is 1. The van der Waals surface area contributed by atoms with Crippen LogP contribution in [0.15, 0.2) is 22.0 Å². The predicted molar refractivity (Wildman–Crippen MR) is 36.4 cm³/mol. The highest BCUT2D eigenvalue weighted by molar-refractivity contribution is 6.05. The van der Waals surface area contributed by atoms with Crippen LogP contribution in [0.2, 0.25) is 0 Å². The second kappa shape index (κ2) is 2.72. The number of carbonyl (C=O) groups is 1. The Bertz CT molecular complexity index is 296. The lowest BCUT2D eigenvalue weighted by molar-refractivity contribution is 0.251. The van der Waals surface area contributed by atoms with Crippen molar-refractivity contribution in [1.82, 2.24) is 5.32 Å². The summed E-state index contributed by atoms with van der Waals surface area (Å²) in [4.78, 5) is 16.1. The van der Waals surface area contributed by atoms with Crippen LogP contribution in [0.25, 0.3) is 10.4 Å². The lowest BCUT2D eigenvalue weighted by Crippen LogP contribution is -2.23. The molecular weight excluding hydrogens is 148 g/mol. The summed E-state index contributed by atoms with van der Waals surface area (Å²) in [7, 11) is 0. The largest absolute Gasteiger partial charge is 0.383 e. The summed E-state index contributed by atoms with van der Waals surface area (Å²) in [6.07, 6.45) is 1.07. The van der Waals surface area contributed by atoms with Crippen LogP contribution in [0.1, 0.15) is 0 Å². The topological polar surface area (TPSA) is 118 Å². The minimum Gasteiger partial charge on any atom is -0.383 e. The summed E-state index contributed by atoms with van der Waals surface area (Å²) in [5.74, 6) is -0.109. The number of amidine groups is 1. The molecule has 0 aromatic heterocycles. The molecule has 2 amide bonds. The summed E-state index contributed by atoms with van der Waals surface area (Å²) in [5.41, 5.74) is 13.2. The molecule has 1 rings (SSSR count). The maximum Gasteiger partial charge on any atom is 0.368 e. The molecule has 2 N–H and O–H groups in total. The third kappa shape index (κ3) is 1.46. The number of urea groups is 1. The molecule has 0 aromatic carbocycles. The van der Waals surface area contributed by atoms with Gasteiger partial charge in [-0.05, 0) is 5.53 Å².